The molecule has 0 saturated carbocycles. The number of likely N-dealkylation sites (tertiary alicyclic amines) is 2. The molecule has 2 saturated heterocycles. The van der Waals surface area contributed by atoms with Crippen molar-refractivity contribution in [2.45, 2.75) is 18.2 Å². The maximum absolute atomic E-state index is 6.07. The number of nitrogens with zero attached hydrogens (tertiary/aromatic N) is 2. The Bertz CT molecular complexity index is 156. The Labute approximate surface area is 85.8 Å². The minimum absolute atomic E-state index is 0.416. The van der Waals surface area contributed by atoms with E-state index >= 15 is 0 Å². The molecule has 2 atom stereocenters. The van der Waals surface area contributed by atoms with Crippen molar-refractivity contribution in [3.8, 4) is 0 Å². The Morgan fingerprint density at radius 3 is 2.62 bits per heavy atom. The molecular formula is C10H19ClN2. The highest BCUT2D eigenvalue weighted by Gasteiger charge is 2.26. The van der Waals surface area contributed by atoms with Crippen LogP contribution in [0.5, 0.6) is 0 Å². The summed E-state index contributed by atoms with van der Waals surface area (Å²) in [6.07, 6.45) is 2.56. The van der Waals surface area contributed by atoms with Gasteiger partial charge in [-0.05, 0) is 38.9 Å². The maximum atomic E-state index is 6.07. The first kappa shape index (κ1) is 9.75. The fourth-order valence-electron chi connectivity index (χ4n) is 2.49. The van der Waals surface area contributed by atoms with Gasteiger partial charge in [-0.1, -0.05) is 0 Å². The van der Waals surface area contributed by atoms with Gasteiger partial charge in [0, 0.05) is 25.0 Å². The van der Waals surface area contributed by atoms with E-state index in [2.05, 4.69) is 16.8 Å². The largest absolute Gasteiger partial charge is 0.306 e. The van der Waals surface area contributed by atoms with Gasteiger partial charge in [0.2, 0.25) is 0 Å². The lowest BCUT2D eigenvalue weighted by Gasteiger charge is -2.19. The van der Waals surface area contributed by atoms with Crippen molar-refractivity contribution < 1.29 is 0 Å². The highest BCUT2D eigenvalue weighted by molar-refractivity contribution is 6.20. The quantitative estimate of drug-likeness (QED) is 0.622. The van der Waals surface area contributed by atoms with Crippen molar-refractivity contribution in [2.24, 2.45) is 5.92 Å². The Hall–Kier alpha value is 0.210. The first-order chi connectivity index (χ1) is 6.24. The van der Waals surface area contributed by atoms with Gasteiger partial charge in [-0.2, -0.15) is 0 Å². The second-order valence-electron chi connectivity index (χ2n) is 4.56. The molecule has 2 rings (SSSR count). The van der Waals surface area contributed by atoms with Gasteiger partial charge >= 0.3 is 0 Å². The average Bonchev–Trinajstić information content (AvgIpc) is 2.62. The molecule has 0 aliphatic carbocycles. The topological polar surface area (TPSA) is 6.48 Å². The Balaban J connectivity index is 1.72. The predicted octanol–water partition coefficient (Wildman–Crippen LogP) is 1.25. The van der Waals surface area contributed by atoms with E-state index < -0.39 is 0 Å². The van der Waals surface area contributed by atoms with Crippen LogP contribution in [-0.4, -0.2) is 54.9 Å². The number of rotatable bonds is 2. The molecule has 76 valence electrons. The van der Waals surface area contributed by atoms with Gasteiger partial charge in [0.25, 0.3) is 0 Å². The second kappa shape index (κ2) is 4.16. The van der Waals surface area contributed by atoms with Gasteiger partial charge in [-0.25, -0.2) is 0 Å². The van der Waals surface area contributed by atoms with E-state index in [1.807, 2.05) is 0 Å². The monoisotopic (exact) mass is 202 g/mol. The van der Waals surface area contributed by atoms with Gasteiger partial charge in [-0.15, -0.1) is 11.6 Å². The van der Waals surface area contributed by atoms with E-state index in [0.717, 1.165) is 12.5 Å². The lowest BCUT2D eigenvalue weighted by atomic mass is 10.1. The van der Waals surface area contributed by atoms with Crippen LogP contribution < -0.4 is 0 Å². The van der Waals surface area contributed by atoms with E-state index in [9.17, 15) is 0 Å². The molecule has 13 heavy (non-hydrogen) atoms. The summed E-state index contributed by atoms with van der Waals surface area (Å²) in [6, 6.07) is 0. The molecule has 2 heterocycles. The van der Waals surface area contributed by atoms with Crippen LogP contribution >= 0.6 is 11.6 Å². The fourth-order valence-corrected chi connectivity index (χ4v) is 2.78. The van der Waals surface area contributed by atoms with Crippen LogP contribution in [0.1, 0.15) is 12.8 Å². The normalized spacial score (nSPS) is 37.4. The zero-order valence-corrected chi connectivity index (χ0v) is 9.13. The van der Waals surface area contributed by atoms with Crippen molar-refractivity contribution in [2.75, 3.05) is 39.8 Å². The highest BCUT2D eigenvalue weighted by Crippen LogP contribution is 2.20. The van der Waals surface area contributed by atoms with Crippen LogP contribution in [0.4, 0.5) is 0 Å². The maximum Gasteiger partial charge on any atom is 0.0475 e. The minimum Gasteiger partial charge on any atom is -0.306 e. The smallest absolute Gasteiger partial charge is 0.0475 e. The molecule has 2 nitrogen and oxygen atoms in total. The molecule has 0 aromatic rings. The summed E-state index contributed by atoms with van der Waals surface area (Å²) >= 11 is 6.07. The molecule has 0 spiro atoms. The van der Waals surface area contributed by atoms with Gasteiger partial charge < -0.3 is 9.80 Å². The standard InChI is InChI=1S/C10H19ClN2/c1-12-4-2-9(6-12)7-13-5-3-10(11)8-13/h9-10H,2-8H2,1H3. The van der Waals surface area contributed by atoms with E-state index in [4.69, 9.17) is 11.6 Å². The molecule has 0 aromatic heterocycles. The molecule has 3 heteroatoms. The zero-order valence-electron chi connectivity index (χ0n) is 8.38. The van der Waals surface area contributed by atoms with Crippen LogP contribution in [0.15, 0.2) is 0 Å². The molecule has 2 aliphatic heterocycles. The summed E-state index contributed by atoms with van der Waals surface area (Å²) in [7, 11) is 2.22. The Kier molecular flexibility index (Phi) is 3.12. The van der Waals surface area contributed by atoms with Gasteiger partial charge in [0.15, 0.2) is 0 Å². The summed E-state index contributed by atoms with van der Waals surface area (Å²) in [4.78, 5) is 4.96. The van der Waals surface area contributed by atoms with E-state index in [1.54, 1.807) is 0 Å². The molecule has 2 fully saturated rings. The molecule has 0 aromatic carbocycles. The fraction of sp³-hybridized carbons (Fsp3) is 1.00. The summed E-state index contributed by atoms with van der Waals surface area (Å²) < 4.78 is 0. The van der Waals surface area contributed by atoms with Crippen molar-refractivity contribution in [1.82, 2.24) is 9.80 Å². The van der Waals surface area contributed by atoms with E-state index in [-0.39, 0.29) is 0 Å². The summed E-state index contributed by atoms with van der Waals surface area (Å²) in [5, 5.41) is 0.416. The van der Waals surface area contributed by atoms with Gasteiger partial charge in [0.1, 0.15) is 0 Å². The summed E-state index contributed by atoms with van der Waals surface area (Å²) in [5.74, 6) is 0.895. The SMILES string of the molecule is CN1CCC(CN2CCC(Cl)C2)C1. The lowest BCUT2D eigenvalue weighted by Crippen LogP contribution is -2.29. The molecular weight excluding hydrogens is 184 g/mol. The third kappa shape index (κ3) is 2.58. The number of hydrogen-bond acceptors (Lipinski definition) is 2. The Morgan fingerprint density at radius 1 is 1.23 bits per heavy atom. The van der Waals surface area contributed by atoms with Crippen LogP contribution in [0, 0.1) is 5.92 Å². The third-order valence-electron chi connectivity index (χ3n) is 3.22. The van der Waals surface area contributed by atoms with Crippen LogP contribution in [0.3, 0.4) is 0 Å². The van der Waals surface area contributed by atoms with Crippen molar-refractivity contribution in [1.29, 1.82) is 0 Å². The van der Waals surface area contributed by atoms with Gasteiger partial charge in [0.05, 0.1) is 0 Å². The summed E-state index contributed by atoms with van der Waals surface area (Å²) in [6.45, 7) is 6.16. The number of hydrogen-bond donors (Lipinski definition) is 0. The second-order valence-corrected chi connectivity index (χ2v) is 5.18. The highest BCUT2D eigenvalue weighted by atomic mass is 35.5. The molecule has 0 N–H and O–H groups in total. The van der Waals surface area contributed by atoms with E-state index in [1.165, 1.54) is 39.0 Å². The molecule has 0 bridgehead atoms. The lowest BCUT2D eigenvalue weighted by molar-refractivity contribution is 0.275. The Morgan fingerprint density at radius 2 is 2.08 bits per heavy atom. The number of halogens is 1. The molecule has 0 amide bonds. The average molecular weight is 203 g/mol. The predicted molar refractivity (Wildman–Crippen MR) is 56.3 cm³/mol. The van der Waals surface area contributed by atoms with Gasteiger partial charge in [-0.3, -0.25) is 0 Å². The summed E-state index contributed by atoms with van der Waals surface area (Å²) in [5.41, 5.74) is 0. The minimum atomic E-state index is 0.416. The molecule has 0 radical (unpaired) electrons. The van der Waals surface area contributed by atoms with Crippen LogP contribution in [-0.2, 0) is 0 Å². The zero-order chi connectivity index (χ0) is 9.26. The number of alkyl halides is 1. The van der Waals surface area contributed by atoms with Crippen LogP contribution in [0.25, 0.3) is 0 Å². The van der Waals surface area contributed by atoms with Crippen molar-refractivity contribution in [3.05, 3.63) is 0 Å². The van der Waals surface area contributed by atoms with Crippen LogP contribution in [0.2, 0.25) is 0 Å². The third-order valence-corrected chi connectivity index (χ3v) is 3.58. The van der Waals surface area contributed by atoms with Crippen molar-refractivity contribution >= 4 is 11.6 Å². The first-order valence-electron chi connectivity index (χ1n) is 5.29. The van der Waals surface area contributed by atoms with E-state index in [0.29, 0.717) is 5.38 Å². The molecule has 2 unspecified atom stereocenters. The first-order valence-corrected chi connectivity index (χ1v) is 5.72. The molecule has 2 aliphatic rings. The van der Waals surface area contributed by atoms with Crippen molar-refractivity contribution in [3.63, 3.8) is 0 Å².